The topological polar surface area (TPSA) is 108 Å². The Morgan fingerprint density at radius 2 is 1.84 bits per heavy atom. The van der Waals surface area contributed by atoms with Gasteiger partial charge in [0, 0.05) is 13.1 Å². The van der Waals surface area contributed by atoms with Crippen molar-refractivity contribution in [2.75, 3.05) is 25.1 Å². The molecule has 9 heteroatoms. The van der Waals surface area contributed by atoms with Crippen molar-refractivity contribution >= 4 is 17.1 Å². The standard InChI is InChI=1S/C16H15N3O6/c1-17(9-12-10-24-15-4-2-3-5-16(15)25-12)13-7-6-11(18(20)21)8-14(13)19(22)23/h2-8,12H,9-10H2,1H3. The molecule has 1 heterocycles. The molecule has 0 spiro atoms. The summed E-state index contributed by atoms with van der Waals surface area (Å²) in [5, 5.41) is 22.1. The van der Waals surface area contributed by atoms with Gasteiger partial charge in [0.25, 0.3) is 11.4 Å². The number of benzene rings is 2. The normalized spacial score (nSPS) is 15.5. The van der Waals surface area contributed by atoms with Crippen molar-refractivity contribution in [3.8, 4) is 11.5 Å². The smallest absolute Gasteiger partial charge is 0.299 e. The lowest BCUT2D eigenvalue weighted by Crippen LogP contribution is -2.39. The fourth-order valence-electron chi connectivity index (χ4n) is 2.65. The summed E-state index contributed by atoms with van der Waals surface area (Å²) in [5.41, 5.74) is -0.373. The first-order valence-electron chi connectivity index (χ1n) is 7.48. The number of para-hydroxylation sites is 2. The fraction of sp³-hybridized carbons (Fsp3) is 0.250. The van der Waals surface area contributed by atoms with Crippen molar-refractivity contribution < 1.29 is 19.3 Å². The Balaban J connectivity index is 1.79. The number of ether oxygens (including phenoxy) is 2. The molecule has 0 saturated carbocycles. The van der Waals surface area contributed by atoms with Gasteiger partial charge in [-0.3, -0.25) is 20.2 Å². The molecule has 1 atom stereocenters. The van der Waals surface area contributed by atoms with E-state index in [1.807, 2.05) is 12.1 Å². The van der Waals surface area contributed by atoms with E-state index in [0.717, 1.165) is 6.07 Å². The van der Waals surface area contributed by atoms with E-state index in [1.54, 1.807) is 24.1 Å². The van der Waals surface area contributed by atoms with Crippen LogP contribution in [-0.4, -0.2) is 36.1 Å². The number of anilines is 1. The molecule has 0 saturated heterocycles. The summed E-state index contributed by atoms with van der Waals surface area (Å²) in [6.07, 6.45) is -0.324. The maximum Gasteiger partial charge on any atom is 0.299 e. The zero-order valence-corrected chi connectivity index (χ0v) is 13.3. The van der Waals surface area contributed by atoms with Crippen molar-refractivity contribution in [3.63, 3.8) is 0 Å². The molecule has 9 nitrogen and oxygen atoms in total. The summed E-state index contributed by atoms with van der Waals surface area (Å²) in [7, 11) is 1.66. The van der Waals surface area contributed by atoms with Gasteiger partial charge in [-0.15, -0.1) is 0 Å². The Labute approximate surface area is 142 Å². The molecular formula is C16H15N3O6. The van der Waals surface area contributed by atoms with Crippen molar-refractivity contribution in [1.29, 1.82) is 0 Å². The average Bonchev–Trinajstić information content (AvgIpc) is 2.60. The molecular weight excluding hydrogens is 330 g/mol. The van der Waals surface area contributed by atoms with Crippen LogP contribution in [0.5, 0.6) is 11.5 Å². The van der Waals surface area contributed by atoms with Gasteiger partial charge in [0.2, 0.25) is 0 Å². The molecule has 1 aliphatic heterocycles. The van der Waals surface area contributed by atoms with Crippen LogP contribution in [0, 0.1) is 20.2 Å². The van der Waals surface area contributed by atoms with E-state index in [0.29, 0.717) is 24.7 Å². The molecule has 130 valence electrons. The van der Waals surface area contributed by atoms with Crippen LogP contribution in [-0.2, 0) is 0 Å². The molecule has 0 amide bonds. The molecule has 0 aliphatic carbocycles. The van der Waals surface area contributed by atoms with Crippen LogP contribution in [0.2, 0.25) is 0 Å². The summed E-state index contributed by atoms with van der Waals surface area (Å²) in [4.78, 5) is 22.4. The number of likely N-dealkylation sites (N-methyl/N-ethyl adjacent to an activating group) is 1. The van der Waals surface area contributed by atoms with E-state index >= 15 is 0 Å². The molecule has 0 N–H and O–H groups in total. The van der Waals surface area contributed by atoms with E-state index in [-0.39, 0.29) is 23.2 Å². The van der Waals surface area contributed by atoms with Gasteiger partial charge >= 0.3 is 0 Å². The second-order valence-corrected chi connectivity index (χ2v) is 5.57. The number of fused-ring (bicyclic) bond motifs is 1. The zero-order valence-electron chi connectivity index (χ0n) is 13.3. The van der Waals surface area contributed by atoms with Gasteiger partial charge in [0.1, 0.15) is 12.3 Å². The highest BCUT2D eigenvalue weighted by molar-refractivity contribution is 5.66. The minimum Gasteiger partial charge on any atom is -0.486 e. The number of non-ortho nitro benzene ring substituents is 1. The van der Waals surface area contributed by atoms with Crippen molar-refractivity contribution in [1.82, 2.24) is 0 Å². The fourth-order valence-corrected chi connectivity index (χ4v) is 2.65. The molecule has 1 aliphatic rings. The quantitative estimate of drug-likeness (QED) is 0.605. The van der Waals surface area contributed by atoms with Crippen molar-refractivity contribution in [2.24, 2.45) is 0 Å². The summed E-state index contributed by atoms with van der Waals surface area (Å²) >= 11 is 0. The molecule has 25 heavy (non-hydrogen) atoms. The number of hydrogen-bond donors (Lipinski definition) is 0. The monoisotopic (exact) mass is 345 g/mol. The minimum absolute atomic E-state index is 0.276. The first kappa shape index (κ1) is 16.5. The van der Waals surface area contributed by atoms with Gasteiger partial charge < -0.3 is 14.4 Å². The molecule has 2 aromatic carbocycles. The number of hydrogen-bond acceptors (Lipinski definition) is 7. The Kier molecular flexibility index (Phi) is 4.38. The van der Waals surface area contributed by atoms with E-state index in [2.05, 4.69) is 0 Å². The van der Waals surface area contributed by atoms with Crippen LogP contribution in [0.1, 0.15) is 0 Å². The summed E-state index contributed by atoms with van der Waals surface area (Å²) in [5.74, 6) is 1.27. The summed E-state index contributed by atoms with van der Waals surface area (Å²) in [6.45, 7) is 0.634. The average molecular weight is 345 g/mol. The molecule has 1 unspecified atom stereocenters. The lowest BCUT2D eigenvalue weighted by Gasteiger charge is -2.30. The maximum absolute atomic E-state index is 11.3. The van der Waals surface area contributed by atoms with Gasteiger partial charge in [0.15, 0.2) is 17.6 Å². The highest BCUT2D eigenvalue weighted by atomic mass is 16.6. The first-order valence-corrected chi connectivity index (χ1v) is 7.48. The van der Waals surface area contributed by atoms with E-state index in [4.69, 9.17) is 9.47 Å². The number of rotatable bonds is 5. The number of nitro groups is 2. The third-order valence-corrected chi connectivity index (χ3v) is 3.82. The van der Waals surface area contributed by atoms with Gasteiger partial charge in [-0.05, 0) is 18.2 Å². The van der Waals surface area contributed by atoms with Crippen LogP contribution in [0.25, 0.3) is 0 Å². The Hall–Kier alpha value is -3.36. The second-order valence-electron chi connectivity index (χ2n) is 5.57. The van der Waals surface area contributed by atoms with E-state index in [9.17, 15) is 20.2 Å². The predicted molar refractivity (Wildman–Crippen MR) is 89.4 cm³/mol. The van der Waals surface area contributed by atoms with Crippen LogP contribution in [0.4, 0.5) is 17.1 Å². The van der Waals surface area contributed by atoms with Gasteiger partial charge in [-0.2, -0.15) is 0 Å². The lowest BCUT2D eigenvalue weighted by molar-refractivity contribution is -0.393. The van der Waals surface area contributed by atoms with Gasteiger partial charge in [-0.1, -0.05) is 12.1 Å². The Bertz CT molecular complexity index is 825. The predicted octanol–water partition coefficient (Wildman–Crippen LogP) is 2.78. The van der Waals surface area contributed by atoms with Crippen molar-refractivity contribution in [3.05, 3.63) is 62.7 Å². The molecule has 0 radical (unpaired) electrons. The highest BCUT2D eigenvalue weighted by Crippen LogP contribution is 2.34. The van der Waals surface area contributed by atoms with Crippen LogP contribution in [0.15, 0.2) is 42.5 Å². The number of nitrogens with zero attached hydrogens (tertiary/aromatic N) is 3. The van der Waals surface area contributed by atoms with Crippen LogP contribution in [0.3, 0.4) is 0 Å². The molecule has 3 rings (SSSR count). The van der Waals surface area contributed by atoms with Crippen LogP contribution >= 0.6 is 0 Å². The summed E-state index contributed by atoms with van der Waals surface area (Å²) < 4.78 is 11.5. The lowest BCUT2D eigenvalue weighted by atomic mass is 10.2. The molecule has 0 bridgehead atoms. The molecule has 0 aromatic heterocycles. The maximum atomic E-state index is 11.3. The third kappa shape index (κ3) is 3.44. The molecule has 2 aromatic rings. The first-order chi connectivity index (χ1) is 12.0. The largest absolute Gasteiger partial charge is 0.486 e. The van der Waals surface area contributed by atoms with E-state index in [1.165, 1.54) is 12.1 Å². The number of nitro benzene ring substituents is 2. The third-order valence-electron chi connectivity index (χ3n) is 3.82. The minimum atomic E-state index is -0.661. The second kappa shape index (κ2) is 6.63. The Morgan fingerprint density at radius 1 is 1.12 bits per heavy atom. The zero-order chi connectivity index (χ0) is 18.0. The van der Waals surface area contributed by atoms with Gasteiger partial charge in [-0.25, -0.2) is 0 Å². The summed E-state index contributed by atoms with van der Waals surface area (Å²) in [6, 6.07) is 10.8. The SMILES string of the molecule is CN(CC1COc2ccccc2O1)c1ccc([N+](=O)[O-])cc1[N+](=O)[O-]. The van der Waals surface area contributed by atoms with E-state index < -0.39 is 9.85 Å². The van der Waals surface area contributed by atoms with Gasteiger partial charge in [0.05, 0.1) is 22.5 Å². The highest BCUT2D eigenvalue weighted by Gasteiger charge is 2.26. The van der Waals surface area contributed by atoms with Crippen LogP contribution < -0.4 is 14.4 Å². The van der Waals surface area contributed by atoms with Crippen molar-refractivity contribution in [2.45, 2.75) is 6.10 Å². The molecule has 0 fully saturated rings. The Morgan fingerprint density at radius 3 is 2.52 bits per heavy atom.